The Balaban J connectivity index is 5.74. The molecule has 0 aromatic carbocycles. The first-order valence-corrected chi connectivity index (χ1v) is 5.34. The van der Waals surface area contributed by atoms with E-state index in [0.29, 0.717) is 0 Å². The monoisotopic (exact) mass is 272 g/mol. The molecule has 0 aliphatic heterocycles. The van der Waals surface area contributed by atoms with Crippen LogP contribution in [0.3, 0.4) is 0 Å². The van der Waals surface area contributed by atoms with Crippen LogP contribution in [0.15, 0.2) is 23.0 Å². The third kappa shape index (κ3) is 4.82. The molecule has 0 spiro atoms. The Hall–Kier alpha value is -2.31. The number of ether oxygens (including phenoxy) is 3. The van der Waals surface area contributed by atoms with Gasteiger partial charge in [-0.05, 0) is 13.8 Å². The van der Waals surface area contributed by atoms with E-state index in [1.807, 2.05) is 0 Å². The first kappa shape index (κ1) is 16.7. The van der Waals surface area contributed by atoms with Gasteiger partial charge in [-0.15, -0.1) is 0 Å². The van der Waals surface area contributed by atoms with Crippen LogP contribution >= 0.6 is 0 Å². The van der Waals surface area contributed by atoms with E-state index in [0.717, 1.165) is 20.3 Å². The largest absolute Gasteiger partial charge is 0.512 e. The number of carbonyl (C=O) groups is 3. The highest BCUT2D eigenvalue weighted by atomic mass is 16.5. The Kier molecular flexibility index (Phi) is 6.95. The van der Waals surface area contributed by atoms with E-state index in [-0.39, 0.29) is 6.61 Å². The van der Waals surface area contributed by atoms with Gasteiger partial charge in [-0.2, -0.15) is 0 Å². The van der Waals surface area contributed by atoms with E-state index in [9.17, 15) is 19.5 Å². The fraction of sp³-hybridized carbons (Fsp3) is 0.417. The standard InChI is InChI=1S/C12H16O7/c1-5-19-12(16)10(7(2)13)8(11(15)18-4)6-9(14)17-3/h6,13H,5H2,1-4H3/b8-6-,10-7-. The maximum absolute atomic E-state index is 11.7. The lowest BCUT2D eigenvalue weighted by Gasteiger charge is -2.10. The Morgan fingerprint density at radius 3 is 2.05 bits per heavy atom. The van der Waals surface area contributed by atoms with Gasteiger partial charge >= 0.3 is 17.9 Å². The zero-order chi connectivity index (χ0) is 15.0. The molecule has 1 N–H and O–H groups in total. The SMILES string of the molecule is CCOC(=O)C(/C(=C/C(=O)OC)C(=O)OC)=C(/C)O. The lowest BCUT2D eigenvalue weighted by Crippen LogP contribution is -2.19. The zero-order valence-corrected chi connectivity index (χ0v) is 11.2. The number of aliphatic hydroxyl groups is 1. The molecule has 0 unspecified atom stereocenters. The Morgan fingerprint density at radius 1 is 1.11 bits per heavy atom. The van der Waals surface area contributed by atoms with Gasteiger partial charge in [-0.3, -0.25) is 0 Å². The van der Waals surface area contributed by atoms with Crippen molar-refractivity contribution < 1.29 is 33.7 Å². The second-order valence-electron chi connectivity index (χ2n) is 3.25. The molecular formula is C12H16O7. The summed E-state index contributed by atoms with van der Waals surface area (Å²) >= 11 is 0. The van der Waals surface area contributed by atoms with Crippen LogP contribution in [-0.4, -0.2) is 43.8 Å². The van der Waals surface area contributed by atoms with Crippen molar-refractivity contribution in [3.05, 3.63) is 23.0 Å². The number of esters is 3. The average molecular weight is 272 g/mol. The summed E-state index contributed by atoms with van der Waals surface area (Å²) in [6.07, 6.45) is 0.748. The summed E-state index contributed by atoms with van der Waals surface area (Å²) in [7, 11) is 2.18. The van der Waals surface area contributed by atoms with Gasteiger partial charge in [0.05, 0.1) is 26.4 Å². The lowest BCUT2D eigenvalue weighted by molar-refractivity contribution is -0.141. The smallest absolute Gasteiger partial charge is 0.342 e. The minimum absolute atomic E-state index is 0.0439. The molecular weight excluding hydrogens is 256 g/mol. The second kappa shape index (κ2) is 7.91. The Bertz CT molecular complexity index is 427. The summed E-state index contributed by atoms with van der Waals surface area (Å²) in [4.78, 5) is 34.4. The van der Waals surface area contributed by atoms with Crippen molar-refractivity contribution in [2.24, 2.45) is 0 Å². The molecule has 7 heteroatoms. The van der Waals surface area contributed by atoms with Gasteiger partial charge in [0.1, 0.15) is 11.3 Å². The highest BCUT2D eigenvalue weighted by Gasteiger charge is 2.26. The van der Waals surface area contributed by atoms with Crippen LogP contribution in [-0.2, 0) is 28.6 Å². The molecule has 106 valence electrons. The van der Waals surface area contributed by atoms with Gasteiger partial charge in [-0.25, -0.2) is 14.4 Å². The fourth-order valence-corrected chi connectivity index (χ4v) is 1.18. The van der Waals surface area contributed by atoms with Crippen molar-refractivity contribution in [2.45, 2.75) is 13.8 Å². The van der Waals surface area contributed by atoms with Crippen molar-refractivity contribution in [3.63, 3.8) is 0 Å². The van der Waals surface area contributed by atoms with Crippen molar-refractivity contribution >= 4 is 17.9 Å². The molecule has 0 aliphatic carbocycles. The van der Waals surface area contributed by atoms with Crippen LogP contribution < -0.4 is 0 Å². The maximum Gasteiger partial charge on any atom is 0.342 e. The summed E-state index contributed by atoms with van der Waals surface area (Å²) in [5.74, 6) is -3.26. The molecule has 19 heavy (non-hydrogen) atoms. The minimum Gasteiger partial charge on any atom is -0.512 e. The number of hydrogen-bond acceptors (Lipinski definition) is 7. The normalized spacial score (nSPS) is 12.3. The van der Waals surface area contributed by atoms with Crippen LogP contribution in [0.2, 0.25) is 0 Å². The number of methoxy groups -OCH3 is 2. The first-order valence-electron chi connectivity index (χ1n) is 5.34. The third-order valence-electron chi connectivity index (χ3n) is 1.98. The molecule has 0 fully saturated rings. The number of hydrogen-bond donors (Lipinski definition) is 1. The van der Waals surface area contributed by atoms with Crippen LogP contribution in [0.4, 0.5) is 0 Å². The van der Waals surface area contributed by atoms with Crippen molar-refractivity contribution in [3.8, 4) is 0 Å². The average Bonchev–Trinajstić information content (AvgIpc) is 2.36. The van der Waals surface area contributed by atoms with Crippen LogP contribution in [0.25, 0.3) is 0 Å². The van der Waals surface area contributed by atoms with Gasteiger partial charge in [0.25, 0.3) is 0 Å². The van der Waals surface area contributed by atoms with E-state index in [4.69, 9.17) is 4.74 Å². The van der Waals surface area contributed by atoms with E-state index < -0.39 is 34.8 Å². The van der Waals surface area contributed by atoms with Crippen molar-refractivity contribution in [1.82, 2.24) is 0 Å². The lowest BCUT2D eigenvalue weighted by atomic mass is 10.0. The molecule has 0 aromatic rings. The van der Waals surface area contributed by atoms with E-state index >= 15 is 0 Å². The number of aliphatic hydroxyl groups excluding tert-OH is 1. The fourth-order valence-electron chi connectivity index (χ4n) is 1.18. The van der Waals surface area contributed by atoms with Crippen LogP contribution in [0.1, 0.15) is 13.8 Å². The van der Waals surface area contributed by atoms with Crippen molar-refractivity contribution in [1.29, 1.82) is 0 Å². The molecule has 0 atom stereocenters. The molecule has 0 saturated heterocycles. The van der Waals surface area contributed by atoms with E-state index in [2.05, 4.69) is 9.47 Å². The Morgan fingerprint density at radius 2 is 1.68 bits per heavy atom. The molecule has 0 aliphatic rings. The van der Waals surface area contributed by atoms with Crippen molar-refractivity contribution in [2.75, 3.05) is 20.8 Å². The number of rotatable bonds is 5. The van der Waals surface area contributed by atoms with Crippen LogP contribution in [0.5, 0.6) is 0 Å². The van der Waals surface area contributed by atoms with Gasteiger partial charge in [-0.1, -0.05) is 0 Å². The summed E-state index contributed by atoms with van der Waals surface area (Å²) in [5, 5.41) is 9.49. The van der Waals surface area contributed by atoms with E-state index in [1.165, 1.54) is 6.92 Å². The summed E-state index contributed by atoms with van der Waals surface area (Å²) in [5.41, 5.74) is -0.882. The van der Waals surface area contributed by atoms with Crippen LogP contribution in [0, 0.1) is 0 Å². The second-order valence-corrected chi connectivity index (χ2v) is 3.25. The molecule has 0 rings (SSSR count). The maximum atomic E-state index is 11.7. The van der Waals surface area contributed by atoms with E-state index in [1.54, 1.807) is 6.92 Å². The highest BCUT2D eigenvalue weighted by molar-refractivity contribution is 6.10. The van der Waals surface area contributed by atoms with Gasteiger partial charge in [0.2, 0.25) is 0 Å². The quantitative estimate of drug-likeness (QED) is 0.258. The molecule has 0 aromatic heterocycles. The topological polar surface area (TPSA) is 99.1 Å². The molecule has 0 amide bonds. The predicted octanol–water partition coefficient (Wildman–Crippen LogP) is 0.654. The summed E-state index contributed by atoms with van der Waals surface area (Å²) in [6, 6.07) is 0. The molecule has 0 heterocycles. The molecule has 0 radical (unpaired) electrons. The van der Waals surface area contributed by atoms with Gasteiger partial charge in [0, 0.05) is 6.08 Å². The van der Waals surface area contributed by atoms with Gasteiger partial charge in [0.15, 0.2) is 0 Å². The minimum atomic E-state index is -0.971. The molecule has 0 bridgehead atoms. The zero-order valence-electron chi connectivity index (χ0n) is 11.2. The predicted molar refractivity (Wildman–Crippen MR) is 64.1 cm³/mol. The third-order valence-corrected chi connectivity index (χ3v) is 1.98. The highest BCUT2D eigenvalue weighted by Crippen LogP contribution is 2.17. The van der Waals surface area contributed by atoms with Gasteiger partial charge < -0.3 is 19.3 Å². The number of carbonyl (C=O) groups excluding carboxylic acids is 3. The molecule has 0 saturated carbocycles. The Labute approximate surface area is 110 Å². The summed E-state index contributed by atoms with van der Waals surface area (Å²) < 4.78 is 13.5. The first-order chi connectivity index (χ1) is 8.88. The summed E-state index contributed by atoms with van der Waals surface area (Å²) in [6.45, 7) is 2.78. The number of allylic oxidation sites excluding steroid dienone is 1. The molecule has 7 nitrogen and oxygen atoms in total.